The van der Waals surface area contributed by atoms with Crippen LogP contribution in [0.5, 0.6) is 0 Å². The zero-order valence-electron chi connectivity index (χ0n) is 16.1. The molecule has 0 saturated carbocycles. The van der Waals surface area contributed by atoms with Crippen molar-refractivity contribution in [2.75, 3.05) is 24.7 Å². The molecule has 0 spiro atoms. The van der Waals surface area contributed by atoms with Gasteiger partial charge in [-0.15, -0.1) is 23.5 Å². The van der Waals surface area contributed by atoms with E-state index in [1.54, 1.807) is 47.0 Å². The summed E-state index contributed by atoms with van der Waals surface area (Å²) in [5.74, 6) is 0.591. The number of carbonyl (C=O) groups excluding carboxylic acids is 2. The molecule has 0 unspecified atom stereocenters. The minimum absolute atomic E-state index is 0.352. The highest BCUT2D eigenvalue weighted by Gasteiger charge is 2.20. The fourth-order valence-electron chi connectivity index (χ4n) is 2.47. The van der Waals surface area contributed by atoms with Crippen LogP contribution in [0.4, 0.5) is 0 Å². The van der Waals surface area contributed by atoms with Crippen molar-refractivity contribution >= 4 is 59.0 Å². The van der Waals surface area contributed by atoms with Crippen LogP contribution in [0.15, 0.2) is 91.1 Å². The molecule has 0 aromatic heterocycles. The van der Waals surface area contributed by atoms with E-state index in [1.165, 1.54) is 36.6 Å². The van der Waals surface area contributed by atoms with E-state index >= 15 is 0 Å². The van der Waals surface area contributed by atoms with E-state index in [2.05, 4.69) is 49.6 Å². The Morgan fingerprint density at radius 2 is 1.57 bits per heavy atom. The predicted molar refractivity (Wildman–Crippen MR) is 125 cm³/mol. The second-order valence-corrected chi connectivity index (χ2v) is 10.3. The molecule has 0 radical (unpaired) electrons. The Hall–Kier alpha value is -1.74. The summed E-state index contributed by atoms with van der Waals surface area (Å²) >= 11 is 6.87. The average molecular weight is 477 g/mol. The number of rotatable bonds is 10. The largest absolute Gasteiger partial charge is 0.462 e. The van der Waals surface area contributed by atoms with Crippen molar-refractivity contribution in [1.29, 1.82) is 0 Å². The van der Waals surface area contributed by atoms with Crippen molar-refractivity contribution in [3.8, 4) is 0 Å². The molecule has 1 aliphatic heterocycles. The van der Waals surface area contributed by atoms with Crippen LogP contribution in [0.1, 0.15) is 0 Å². The SMILES string of the molecule is C=CC(=O)OCCSc1ccc2c(c1)Sc1c(SCCOC(=O)C=C)cccc1S2. The maximum atomic E-state index is 11.2. The number of hydrogen-bond acceptors (Lipinski definition) is 8. The van der Waals surface area contributed by atoms with Crippen LogP contribution in [0.2, 0.25) is 0 Å². The van der Waals surface area contributed by atoms with Crippen molar-refractivity contribution in [2.45, 2.75) is 29.4 Å². The lowest BCUT2D eigenvalue weighted by Gasteiger charge is -2.21. The Morgan fingerprint density at radius 3 is 2.27 bits per heavy atom. The third-order valence-corrected chi connectivity index (χ3v) is 8.51. The van der Waals surface area contributed by atoms with Gasteiger partial charge >= 0.3 is 11.9 Å². The summed E-state index contributed by atoms with van der Waals surface area (Å²) in [4.78, 5) is 29.5. The van der Waals surface area contributed by atoms with Crippen molar-refractivity contribution in [3.63, 3.8) is 0 Å². The molecule has 0 fully saturated rings. The van der Waals surface area contributed by atoms with Crippen molar-refractivity contribution < 1.29 is 19.1 Å². The maximum absolute atomic E-state index is 11.2. The number of benzene rings is 2. The average Bonchev–Trinajstić information content (AvgIpc) is 2.77. The van der Waals surface area contributed by atoms with E-state index in [4.69, 9.17) is 9.47 Å². The van der Waals surface area contributed by atoms with Crippen LogP contribution in [0.3, 0.4) is 0 Å². The zero-order valence-corrected chi connectivity index (χ0v) is 19.4. The van der Waals surface area contributed by atoms with Gasteiger partial charge in [0.25, 0.3) is 0 Å². The van der Waals surface area contributed by atoms with E-state index in [0.29, 0.717) is 24.7 Å². The van der Waals surface area contributed by atoms with Gasteiger partial charge in [0.05, 0.1) is 0 Å². The van der Waals surface area contributed by atoms with Crippen LogP contribution >= 0.6 is 47.0 Å². The molecule has 0 saturated heterocycles. The maximum Gasteiger partial charge on any atom is 0.330 e. The first-order valence-electron chi connectivity index (χ1n) is 9.07. The van der Waals surface area contributed by atoms with Crippen molar-refractivity contribution in [2.24, 2.45) is 0 Å². The normalized spacial score (nSPS) is 11.7. The van der Waals surface area contributed by atoms with Gasteiger partial charge in [0.1, 0.15) is 13.2 Å². The minimum atomic E-state index is -0.395. The molecule has 0 amide bonds. The Balaban J connectivity index is 1.62. The molecule has 3 rings (SSSR count). The number of thioether (sulfide) groups is 2. The molecule has 1 aliphatic rings. The predicted octanol–water partition coefficient (Wildman–Crippen LogP) is 5.95. The van der Waals surface area contributed by atoms with Gasteiger partial charge in [-0.05, 0) is 30.3 Å². The molecule has 30 heavy (non-hydrogen) atoms. The lowest BCUT2D eigenvalue weighted by molar-refractivity contribution is -0.138. The number of hydrogen-bond donors (Lipinski definition) is 0. The van der Waals surface area contributed by atoms with Crippen LogP contribution in [-0.4, -0.2) is 36.7 Å². The van der Waals surface area contributed by atoms with Crippen LogP contribution in [-0.2, 0) is 19.1 Å². The molecule has 156 valence electrons. The van der Waals surface area contributed by atoms with E-state index in [9.17, 15) is 9.59 Å². The smallest absolute Gasteiger partial charge is 0.330 e. The van der Waals surface area contributed by atoms with E-state index in [-0.39, 0.29) is 0 Å². The lowest BCUT2D eigenvalue weighted by atomic mass is 10.3. The molecule has 4 nitrogen and oxygen atoms in total. The van der Waals surface area contributed by atoms with Gasteiger partial charge in [-0.1, -0.05) is 42.7 Å². The quantitative estimate of drug-likeness (QED) is 0.154. The highest BCUT2D eigenvalue weighted by molar-refractivity contribution is 8.06. The van der Waals surface area contributed by atoms with Gasteiger partial charge in [-0.2, -0.15) is 0 Å². The first kappa shape index (κ1) is 22.9. The summed E-state index contributed by atoms with van der Waals surface area (Å²) in [6.45, 7) is 7.50. The lowest BCUT2D eigenvalue weighted by Crippen LogP contribution is -2.04. The van der Waals surface area contributed by atoms with Gasteiger partial charge in [0, 0.05) is 53.0 Å². The van der Waals surface area contributed by atoms with Gasteiger partial charge in [0.15, 0.2) is 0 Å². The van der Waals surface area contributed by atoms with Gasteiger partial charge in [-0.3, -0.25) is 0 Å². The summed E-state index contributed by atoms with van der Waals surface area (Å²) in [5, 5.41) is 0. The van der Waals surface area contributed by atoms with Crippen LogP contribution in [0, 0.1) is 0 Å². The van der Waals surface area contributed by atoms with Gasteiger partial charge in [0.2, 0.25) is 0 Å². The first-order valence-corrected chi connectivity index (χ1v) is 12.7. The highest BCUT2D eigenvalue weighted by atomic mass is 32.2. The Kier molecular flexibility index (Phi) is 8.87. The Bertz CT molecular complexity index is 958. The van der Waals surface area contributed by atoms with Crippen molar-refractivity contribution in [1.82, 2.24) is 0 Å². The molecule has 0 atom stereocenters. The minimum Gasteiger partial charge on any atom is -0.462 e. The summed E-state index contributed by atoms with van der Waals surface area (Å²) in [7, 11) is 0. The van der Waals surface area contributed by atoms with Crippen molar-refractivity contribution in [3.05, 3.63) is 61.7 Å². The molecule has 0 bridgehead atoms. The van der Waals surface area contributed by atoms with Gasteiger partial charge < -0.3 is 9.47 Å². The van der Waals surface area contributed by atoms with E-state index in [0.717, 1.165) is 4.90 Å². The molecule has 2 aromatic carbocycles. The fraction of sp³-hybridized carbons (Fsp3) is 0.182. The topological polar surface area (TPSA) is 52.6 Å². The zero-order chi connectivity index (χ0) is 21.3. The van der Waals surface area contributed by atoms with E-state index in [1.807, 2.05) is 0 Å². The molecule has 8 heteroatoms. The molecule has 0 aliphatic carbocycles. The molecular weight excluding hydrogens is 457 g/mol. The number of fused-ring (bicyclic) bond motifs is 2. The second-order valence-electron chi connectivity index (χ2n) is 5.84. The fourth-order valence-corrected chi connectivity index (χ4v) is 6.78. The Labute approximate surface area is 193 Å². The Morgan fingerprint density at radius 1 is 0.867 bits per heavy atom. The summed E-state index contributed by atoms with van der Waals surface area (Å²) < 4.78 is 10.1. The molecule has 0 N–H and O–H groups in total. The monoisotopic (exact) mass is 476 g/mol. The number of esters is 2. The van der Waals surface area contributed by atoms with E-state index < -0.39 is 11.9 Å². The number of ether oxygens (including phenoxy) is 2. The molecular formula is C22H20O4S4. The summed E-state index contributed by atoms with van der Waals surface area (Å²) in [6.07, 6.45) is 2.35. The van der Waals surface area contributed by atoms with Crippen LogP contribution in [0.25, 0.3) is 0 Å². The molecule has 1 heterocycles. The third-order valence-electron chi connectivity index (χ3n) is 3.80. The first-order chi connectivity index (χ1) is 14.6. The van der Waals surface area contributed by atoms with Gasteiger partial charge in [-0.25, -0.2) is 9.59 Å². The van der Waals surface area contributed by atoms with Crippen LogP contribution < -0.4 is 0 Å². The highest BCUT2D eigenvalue weighted by Crippen LogP contribution is 2.52. The standard InChI is InChI=1S/C22H20O4S4/c1-3-20(23)25-10-12-27-15-8-9-16-19(14-15)30-22-17(6-5-7-18(22)29-16)28-13-11-26-21(24)4-2/h3-9,14H,1-2,10-13H2. The summed E-state index contributed by atoms with van der Waals surface area (Å²) in [5.41, 5.74) is 0. The second kappa shape index (κ2) is 11.6. The molecule has 2 aromatic rings. The number of carbonyl (C=O) groups is 2. The third kappa shape index (κ3) is 6.38. The summed E-state index contributed by atoms with van der Waals surface area (Å²) in [6, 6.07) is 12.7.